The Labute approximate surface area is 151 Å². The third-order valence-electron chi connectivity index (χ3n) is 5.41. The Kier molecular flexibility index (Phi) is 3.36. The summed E-state index contributed by atoms with van der Waals surface area (Å²) in [5.74, 6) is 1.05. The van der Waals surface area contributed by atoms with Crippen molar-refractivity contribution in [2.45, 2.75) is 33.1 Å². The van der Waals surface area contributed by atoms with Gasteiger partial charge in [-0.3, -0.25) is 0 Å². The normalized spacial score (nSPS) is 15.0. The number of rotatable bonds is 2. The Bertz CT molecular complexity index is 1140. The van der Waals surface area contributed by atoms with Crippen LogP contribution < -0.4 is 0 Å². The summed E-state index contributed by atoms with van der Waals surface area (Å²) >= 11 is 1.94. The van der Waals surface area contributed by atoms with E-state index in [-0.39, 0.29) is 0 Å². The lowest BCUT2D eigenvalue weighted by molar-refractivity contribution is 0.577. The van der Waals surface area contributed by atoms with E-state index >= 15 is 0 Å². The van der Waals surface area contributed by atoms with Gasteiger partial charge in [0.1, 0.15) is 11.3 Å². The number of thiophene rings is 1. The van der Waals surface area contributed by atoms with Crippen molar-refractivity contribution < 1.29 is 4.42 Å². The van der Waals surface area contributed by atoms with Crippen molar-refractivity contribution in [2.24, 2.45) is 0 Å². The molecule has 5 rings (SSSR count). The van der Waals surface area contributed by atoms with Crippen LogP contribution in [0.4, 0.5) is 0 Å². The van der Waals surface area contributed by atoms with Gasteiger partial charge in [0.25, 0.3) is 0 Å². The summed E-state index contributed by atoms with van der Waals surface area (Å²) in [6, 6.07) is 17.2. The van der Waals surface area contributed by atoms with Gasteiger partial charge in [0.2, 0.25) is 0 Å². The van der Waals surface area contributed by atoms with Crippen molar-refractivity contribution in [1.29, 1.82) is 0 Å². The number of allylic oxidation sites excluding steroid dienone is 2. The zero-order valence-electron chi connectivity index (χ0n) is 14.6. The van der Waals surface area contributed by atoms with E-state index in [0.29, 0.717) is 0 Å². The first kappa shape index (κ1) is 15.0. The van der Waals surface area contributed by atoms with Gasteiger partial charge >= 0.3 is 0 Å². The van der Waals surface area contributed by atoms with Crippen molar-refractivity contribution >= 4 is 43.5 Å². The molecule has 0 atom stereocenters. The molecular formula is C23H20OS. The molecule has 25 heavy (non-hydrogen) atoms. The summed E-state index contributed by atoms with van der Waals surface area (Å²) in [7, 11) is 0. The lowest BCUT2D eigenvalue weighted by Gasteiger charge is -2.07. The molecule has 2 heterocycles. The molecule has 0 amide bonds. The van der Waals surface area contributed by atoms with Crippen LogP contribution in [0.2, 0.25) is 0 Å². The van der Waals surface area contributed by atoms with Crippen LogP contribution in [0, 0.1) is 13.8 Å². The summed E-state index contributed by atoms with van der Waals surface area (Å²) in [6.45, 7) is 4.38. The molecule has 2 aromatic heterocycles. The van der Waals surface area contributed by atoms with Crippen molar-refractivity contribution in [3.05, 3.63) is 70.3 Å². The Morgan fingerprint density at radius 1 is 0.840 bits per heavy atom. The minimum atomic E-state index is 1.00. The molecular weight excluding hydrogens is 324 g/mol. The highest BCUT2D eigenvalue weighted by Crippen LogP contribution is 2.47. The minimum absolute atomic E-state index is 1.00. The number of fused-ring (bicyclic) bond motifs is 2. The molecule has 1 aliphatic rings. The first-order valence-electron chi connectivity index (χ1n) is 8.93. The third-order valence-corrected chi connectivity index (χ3v) is 6.74. The zero-order chi connectivity index (χ0) is 17.0. The average molecular weight is 344 g/mol. The van der Waals surface area contributed by atoms with Crippen LogP contribution in [0.1, 0.15) is 41.0 Å². The Hall–Kier alpha value is -2.32. The number of aryl methyl sites for hydroxylation is 2. The van der Waals surface area contributed by atoms with Gasteiger partial charge in [0.05, 0.1) is 0 Å². The topological polar surface area (TPSA) is 13.1 Å². The van der Waals surface area contributed by atoms with Crippen LogP contribution in [0.3, 0.4) is 0 Å². The molecule has 1 nitrogen and oxygen atoms in total. The first-order chi connectivity index (χ1) is 12.2. The molecule has 0 radical (unpaired) electrons. The van der Waals surface area contributed by atoms with Gasteiger partial charge in [0.15, 0.2) is 0 Å². The first-order valence-corrected chi connectivity index (χ1v) is 9.74. The summed E-state index contributed by atoms with van der Waals surface area (Å²) < 4.78 is 7.45. The number of hydrogen-bond donors (Lipinski definition) is 0. The van der Waals surface area contributed by atoms with Gasteiger partial charge in [-0.1, -0.05) is 36.4 Å². The fourth-order valence-corrected chi connectivity index (χ4v) is 5.58. The molecule has 0 spiro atoms. The van der Waals surface area contributed by atoms with Gasteiger partial charge in [-0.2, -0.15) is 0 Å². The lowest BCUT2D eigenvalue weighted by Crippen LogP contribution is -1.87. The molecule has 0 unspecified atom stereocenters. The van der Waals surface area contributed by atoms with E-state index in [1.165, 1.54) is 55.5 Å². The molecule has 0 aliphatic heterocycles. The monoisotopic (exact) mass is 344 g/mol. The van der Waals surface area contributed by atoms with Crippen molar-refractivity contribution in [1.82, 2.24) is 0 Å². The van der Waals surface area contributed by atoms with Gasteiger partial charge in [-0.25, -0.2) is 0 Å². The van der Waals surface area contributed by atoms with Crippen molar-refractivity contribution in [3.63, 3.8) is 0 Å². The highest BCUT2D eigenvalue weighted by molar-refractivity contribution is 7.20. The molecule has 4 aromatic rings. The highest BCUT2D eigenvalue weighted by atomic mass is 32.1. The van der Waals surface area contributed by atoms with Crippen LogP contribution in [0.25, 0.3) is 32.2 Å². The minimum Gasteiger partial charge on any atom is -0.461 e. The number of hydrogen-bond acceptors (Lipinski definition) is 2. The maximum atomic E-state index is 6.05. The van der Waals surface area contributed by atoms with Gasteiger partial charge in [-0.15, -0.1) is 11.3 Å². The Morgan fingerprint density at radius 2 is 1.56 bits per heavy atom. The zero-order valence-corrected chi connectivity index (χ0v) is 15.4. The van der Waals surface area contributed by atoms with Crippen LogP contribution >= 0.6 is 11.3 Å². The van der Waals surface area contributed by atoms with E-state index in [9.17, 15) is 0 Å². The fraction of sp³-hybridized carbons (Fsp3) is 0.217. The molecule has 0 saturated heterocycles. The summed E-state index contributed by atoms with van der Waals surface area (Å²) in [4.78, 5) is 1.47. The maximum absolute atomic E-state index is 6.05. The van der Waals surface area contributed by atoms with Crippen molar-refractivity contribution in [2.75, 3.05) is 0 Å². The SMILES string of the molecule is Cc1oc2ccccc2c1C1=C(c2sc3ccccc3c2C)CCC1. The average Bonchev–Trinajstić information content (AvgIpc) is 3.30. The summed E-state index contributed by atoms with van der Waals surface area (Å²) in [6.07, 6.45) is 3.55. The molecule has 0 N–H and O–H groups in total. The standard InChI is InChI=1S/C23H20OS/c1-14-16-8-4-6-13-21(16)25-23(14)18-11-7-10-17(18)22-15(2)24-20-12-5-3-9-19(20)22/h3-6,8-9,12-13H,7,10-11H2,1-2H3. The molecule has 2 heteroatoms. The smallest absolute Gasteiger partial charge is 0.134 e. The number of para-hydroxylation sites is 1. The fourth-order valence-electron chi connectivity index (χ4n) is 4.28. The third kappa shape index (κ3) is 2.21. The number of furan rings is 1. The second kappa shape index (κ2) is 5.60. The molecule has 0 fully saturated rings. The largest absolute Gasteiger partial charge is 0.461 e. The maximum Gasteiger partial charge on any atom is 0.134 e. The predicted octanol–water partition coefficient (Wildman–Crippen LogP) is 7.36. The van der Waals surface area contributed by atoms with Gasteiger partial charge in [-0.05, 0) is 67.3 Å². The van der Waals surface area contributed by atoms with Gasteiger partial charge < -0.3 is 4.42 Å². The van der Waals surface area contributed by atoms with E-state index < -0.39 is 0 Å². The quantitative estimate of drug-likeness (QED) is 0.370. The predicted molar refractivity (Wildman–Crippen MR) is 108 cm³/mol. The van der Waals surface area contributed by atoms with E-state index in [2.05, 4.69) is 62.4 Å². The van der Waals surface area contributed by atoms with E-state index in [1.54, 1.807) is 0 Å². The van der Waals surface area contributed by atoms with E-state index in [1.807, 2.05) is 11.3 Å². The molecule has 2 aromatic carbocycles. The van der Waals surface area contributed by atoms with Crippen LogP contribution in [-0.4, -0.2) is 0 Å². The Morgan fingerprint density at radius 3 is 2.40 bits per heavy atom. The lowest BCUT2D eigenvalue weighted by atomic mass is 9.97. The van der Waals surface area contributed by atoms with Gasteiger partial charge in [0, 0.05) is 20.5 Å². The van der Waals surface area contributed by atoms with E-state index in [4.69, 9.17) is 4.42 Å². The second-order valence-electron chi connectivity index (χ2n) is 6.89. The van der Waals surface area contributed by atoms with Crippen LogP contribution in [0.5, 0.6) is 0 Å². The van der Waals surface area contributed by atoms with E-state index in [0.717, 1.165) is 17.8 Å². The molecule has 124 valence electrons. The summed E-state index contributed by atoms with van der Waals surface area (Å²) in [5, 5.41) is 2.66. The second-order valence-corrected chi connectivity index (χ2v) is 7.94. The molecule has 0 saturated carbocycles. The highest BCUT2D eigenvalue weighted by Gasteiger charge is 2.25. The Balaban J connectivity index is 1.79. The summed E-state index contributed by atoms with van der Waals surface area (Å²) in [5.41, 5.74) is 6.80. The van der Waals surface area contributed by atoms with Crippen LogP contribution in [0.15, 0.2) is 52.9 Å². The molecule has 1 aliphatic carbocycles. The number of benzene rings is 2. The molecule has 0 bridgehead atoms. The van der Waals surface area contributed by atoms with Crippen molar-refractivity contribution in [3.8, 4) is 0 Å². The van der Waals surface area contributed by atoms with Crippen LogP contribution in [-0.2, 0) is 0 Å².